The Hall–Kier alpha value is -1.34. The Labute approximate surface area is 104 Å². The minimum Gasteiger partial charge on any atom is -0.315 e. The van der Waals surface area contributed by atoms with Crippen LogP contribution in [0.15, 0.2) is 18.5 Å². The molecule has 17 heavy (non-hydrogen) atoms. The van der Waals surface area contributed by atoms with Crippen LogP contribution >= 0.6 is 0 Å². The van der Waals surface area contributed by atoms with E-state index in [1.54, 1.807) is 6.20 Å². The van der Waals surface area contributed by atoms with E-state index in [2.05, 4.69) is 16.5 Å². The minimum absolute atomic E-state index is 0.172. The zero-order valence-electron chi connectivity index (χ0n) is 10.8. The van der Waals surface area contributed by atoms with Crippen molar-refractivity contribution >= 4 is 0 Å². The van der Waals surface area contributed by atoms with Gasteiger partial charge in [0.25, 0.3) is 0 Å². The van der Waals surface area contributed by atoms with E-state index < -0.39 is 0 Å². The average molecular weight is 234 g/mol. The molecule has 0 saturated heterocycles. The topological polar surface area (TPSA) is 53.6 Å². The quantitative estimate of drug-likeness (QED) is 0.701. The fraction of sp³-hybridized carbons (Fsp3) is 0.692. The first kappa shape index (κ1) is 13.7. The van der Waals surface area contributed by atoms with Gasteiger partial charge in [0.05, 0.1) is 18.0 Å². The van der Waals surface area contributed by atoms with Crippen molar-refractivity contribution in [3.63, 3.8) is 0 Å². The second-order valence-electron chi connectivity index (χ2n) is 4.97. The van der Waals surface area contributed by atoms with Gasteiger partial charge >= 0.3 is 0 Å². The molecule has 0 aliphatic heterocycles. The maximum Gasteiger partial charge on any atom is 0.0683 e. The molecule has 0 fully saturated rings. The lowest BCUT2D eigenvalue weighted by Crippen LogP contribution is -2.21. The van der Waals surface area contributed by atoms with Gasteiger partial charge in [0, 0.05) is 18.9 Å². The van der Waals surface area contributed by atoms with Crippen molar-refractivity contribution in [2.75, 3.05) is 13.1 Å². The molecule has 0 bridgehead atoms. The lowest BCUT2D eigenvalue weighted by Gasteiger charge is -2.14. The largest absolute Gasteiger partial charge is 0.315 e. The van der Waals surface area contributed by atoms with Crippen LogP contribution in [0.5, 0.6) is 0 Å². The van der Waals surface area contributed by atoms with Crippen molar-refractivity contribution in [1.82, 2.24) is 15.1 Å². The Bertz CT molecular complexity index is 335. The molecule has 1 heterocycles. The summed E-state index contributed by atoms with van der Waals surface area (Å²) < 4.78 is 1.92. The summed E-state index contributed by atoms with van der Waals surface area (Å²) in [5, 5.41) is 16.4. The van der Waals surface area contributed by atoms with E-state index in [-0.39, 0.29) is 5.41 Å². The van der Waals surface area contributed by atoms with Crippen molar-refractivity contribution in [2.24, 2.45) is 5.41 Å². The Balaban J connectivity index is 1.93. The Morgan fingerprint density at radius 1 is 1.35 bits per heavy atom. The first-order chi connectivity index (χ1) is 8.14. The van der Waals surface area contributed by atoms with Gasteiger partial charge in [0.1, 0.15) is 0 Å². The van der Waals surface area contributed by atoms with Gasteiger partial charge in [-0.15, -0.1) is 0 Å². The molecule has 1 N–H and O–H groups in total. The van der Waals surface area contributed by atoms with Crippen molar-refractivity contribution in [2.45, 2.75) is 39.7 Å². The molecule has 0 spiro atoms. The Morgan fingerprint density at radius 3 is 2.82 bits per heavy atom. The molecule has 0 radical (unpaired) electrons. The number of nitrogens with zero attached hydrogens (tertiary/aromatic N) is 3. The smallest absolute Gasteiger partial charge is 0.0683 e. The van der Waals surface area contributed by atoms with Gasteiger partial charge < -0.3 is 5.32 Å². The molecule has 4 heteroatoms. The van der Waals surface area contributed by atoms with E-state index >= 15 is 0 Å². The number of nitrogens with one attached hydrogen (secondary N) is 1. The molecule has 0 atom stereocenters. The summed E-state index contributed by atoms with van der Waals surface area (Å²) in [6, 6.07) is 4.26. The van der Waals surface area contributed by atoms with E-state index in [0.717, 1.165) is 38.9 Å². The van der Waals surface area contributed by atoms with Crippen LogP contribution in [0.2, 0.25) is 0 Å². The molecular formula is C13H22N4. The van der Waals surface area contributed by atoms with Gasteiger partial charge in [-0.05, 0) is 39.3 Å². The van der Waals surface area contributed by atoms with Gasteiger partial charge in [-0.3, -0.25) is 4.68 Å². The highest BCUT2D eigenvalue weighted by molar-refractivity contribution is 4.91. The lowest BCUT2D eigenvalue weighted by molar-refractivity contribution is 0.420. The predicted molar refractivity (Wildman–Crippen MR) is 68.3 cm³/mol. The molecule has 1 aromatic rings. The van der Waals surface area contributed by atoms with Gasteiger partial charge in [-0.1, -0.05) is 6.42 Å². The molecule has 1 rings (SSSR count). The molecule has 94 valence electrons. The van der Waals surface area contributed by atoms with Crippen LogP contribution in [0.4, 0.5) is 0 Å². The highest BCUT2D eigenvalue weighted by Crippen LogP contribution is 2.21. The van der Waals surface area contributed by atoms with Gasteiger partial charge in [-0.2, -0.15) is 10.4 Å². The molecule has 4 nitrogen and oxygen atoms in total. The Morgan fingerprint density at radius 2 is 2.18 bits per heavy atom. The van der Waals surface area contributed by atoms with Crippen LogP contribution in [-0.2, 0) is 6.54 Å². The minimum atomic E-state index is -0.172. The van der Waals surface area contributed by atoms with Crippen LogP contribution in [0.1, 0.15) is 33.1 Å². The fourth-order valence-corrected chi connectivity index (χ4v) is 1.62. The molecule has 0 unspecified atom stereocenters. The van der Waals surface area contributed by atoms with Crippen molar-refractivity contribution in [3.05, 3.63) is 18.5 Å². The van der Waals surface area contributed by atoms with Gasteiger partial charge in [0.2, 0.25) is 0 Å². The van der Waals surface area contributed by atoms with Gasteiger partial charge in [0.15, 0.2) is 0 Å². The van der Waals surface area contributed by atoms with E-state index in [0.29, 0.717) is 0 Å². The second kappa shape index (κ2) is 7.08. The Kier molecular flexibility index (Phi) is 5.71. The summed E-state index contributed by atoms with van der Waals surface area (Å²) in [4.78, 5) is 0. The molecule has 1 aromatic heterocycles. The van der Waals surface area contributed by atoms with Crippen molar-refractivity contribution in [1.29, 1.82) is 5.26 Å². The summed E-state index contributed by atoms with van der Waals surface area (Å²) in [7, 11) is 0. The van der Waals surface area contributed by atoms with E-state index in [4.69, 9.17) is 5.26 Å². The van der Waals surface area contributed by atoms with Crippen LogP contribution < -0.4 is 5.32 Å². The van der Waals surface area contributed by atoms with E-state index in [9.17, 15) is 0 Å². The number of hydrogen-bond acceptors (Lipinski definition) is 3. The second-order valence-corrected chi connectivity index (χ2v) is 4.97. The van der Waals surface area contributed by atoms with Crippen molar-refractivity contribution in [3.8, 4) is 6.07 Å². The summed E-state index contributed by atoms with van der Waals surface area (Å²) in [5.41, 5.74) is -0.172. The number of nitriles is 1. The maximum atomic E-state index is 8.87. The summed E-state index contributed by atoms with van der Waals surface area (Å²) in [6.45, 7) is 6.87. The van der Waals surface area contributed by atoms with Gasteiger partial charge in [-0.25, -0.2) is 0 Å². The monoisotopic (exact) mass is 234 g/mol. The van der Waals surface area contributed by atoms with Crippen LogP contribution in [-0.4, -0.2) is 22.9 Å². The third kappa shape index (κ3) is 6.08. The summed E-state index contributed by atoms with van der Waals surface area (Å²) in [5.74, 6) is 0. The molecular weight excluding hydrogens is 212 g/mol. The molecule has 0 aliphatic rings. The highest BCUT2D eigenvalue weighted by atomic mass is 15.3. The number of aromatic nitrogens is 2. The van der Waals surface area contributed by atoms with E-state index in [1.165, 1.54) is 0 Å². The average Bonchev–Trinajstić information content (AvgIpc) is 2.81. The first-order valence-corrected chi connectivity index (χ1v) is 6.23. The molecule has 0 amide bonds. The molecule has 0 aromatic carbocycles. The standard InChI is InChI=1S/C13H22N4/c1-13(2,12-14)6-3-4-7-15-9-11-17-10-5-8-16-17/h5,8,10,15H,3-4,6-7,9,11H2,1-2H3. The fourth-order valence-electron chi connectivity index (χ4n) is 1.62. The number of rotatable bonds is 8. The van der Waals surface area contributed by atoms with Crippen molar-refractivity contribution < 1.29 is 0 Å². The zero-order valence-corrected chi connectivity index (χ0v) is 10.8. The summed E-state index contributed by atoms with van der Waals surface area (Å²) in [6.07, 6.45) is 6.98. The maximum absolute atomic E-state index is 8.87. The highest BCUT2D eigenvalue weighted by Gasteiger charge is 2.14. The number of hydrogen-bond donors (Lipinski definition) is 1. The zero-order chi connectivity index (χ0) is 12.6. The number of unbranched alkanes of at least 4 members (excludes halogenated alkanes) is 1. The predicted octanol–water partition coefficient (Wildman–Crippen LogP) is 2.19. The van der Waals surface area contributed by atoms with Crippen LogP contribution in [0.3, 0.4) is 0 Å². The summed E-state index contributed by atoms with van der Waals surface area (Å²) >= 11 is 0. The molecule has 0 aliphatic carbocycles. The van der Waals surface area contributed by atoms with E-state index in [1.807, 2.05) is 30.8 Å². The third-order valence-electron chi connectivity index (χ3n) is 2.78. The SMILES string of the molecule is CC(C)(C#N)CCCCNCCn1cccn1. The third-order valence-corrected chi connectivity index (χ3v) is 2.78. The first-order valence-electron chi connectivity index (χ1n) is 6.23. The van der Waals surface area contributed by atoms with Crippen LogP contribution in [0, 0.1) is 16.7 Å². The molecule has 0 saturated carbocycles. The van der Waals surface area contributed by atoms with Crippen LogP contribution in [0.25, 0.3) is 0 Å². The normalized spacial score (nSPS) is 11.4. The lowest BCUT2D eigenvalue weighted by atomic mass is 9.89.